The van der Waals surface area contributed by atoms with E-state index in [0.717, 1.165) is 5.01 Å². The summed E-state index contributed by atoms with van der Waals surface area (Å²) in [7, 11) is 0. The van der Waals surface area contributed by atoms with Crippen LogP contribution in [0.25, 0.3) is 21.0 Å². The van der Waals surface area contributed by atoms with Gasteiger partial charge < -0.3 is 0 Å². The molecule has 0 radical (unpaired) electrons. The van der Waals surface area contributed by atoms with Crippen molar-refractivity contribution in [2.24, 2.45) is 0 Å². The van der Waals surface area contributed by atoms with E-state index in [1.165, 1.54) is 21.6 Å². The van der Waals surface area contributed by atoms with E-state index >= 15 is 0 Å². The van der Waals surface area contributed by atoms with Crippen LogP contribution in [0.15, 0.2) is 60.8 Å². The Balaban J connectivity index is 2.03. The van der Waals surface area contributed by atoms with Gasteiger partial charge in [0.05, 0.1) is 4.88 Å². The van der Waals surface area contributed by atoms with Crippen molar-refractivity contribution in [3.05, 3.63) is 66.4 Å². The van der Waals surface area contributed by atoms with E-state index in [2.05, 4.69) is 48.3 Å². The van der Waals surface area contributed by atoms with Crippen molar-refractivity contribution in [2.45, 2.75) is 6.92 Å². The average Bonchev–Trinajstić information content (AvgIpc) is 2.90. The molecule has 3 aromatic rings. The van der Waals surface area contributed by atoms with Crippen molar-refractivity contribution in [3.8, 4) is 21.0 Å². The molecule has 1 nitrogen and oxygen atoms in total. The fraction of sp³-hybridized carbons (Fsp3) is 0.0625. The van der Waals surface area contributed by atoms with Gasteiger partial charge in [-0.15, -0.1) is 11.3 Å². The Kier molecular flexibility index (Phi) is 2.95. The fourth-order valence-electron chi connectivity index (χ4n) is 1.96. The molecule has 0 fully saturated rings. The molecular formula is C16H13NS. The molecule has 0 saturated heterocycles. The molecule has 0 aliphatic heterocycles. The Morgan fingerprint density at radius 3 is 2.39 bits per heavy atom. The molecule has 2 heteroatoms. The monoisotopic (exact) mass is 251 g/mol. The largest absolute Gasteiger partial charge is 0.244 e. The van der Waals surface area contributed by atoms with E-state index in [4.69, 9.17) is 0 Å². The molecule has 1 heterocycles. The summed E-state index contributed by atoms with van der Waals surface area (Å²) >= 11 is 1.74. The fourth-order valence-corrected chi connectivity index (χ4v) is 2.97. The topological polar surface area (TPSA) is 12.9 Å². The number of hydrogen-bond donors (Lipinski definition) is 0. The van der Waals surface area contributed by atoms with Crippen molar-refractivity contribution < 1.29 is 0 Å². The minimum absolute atomic E-state index is 1.08. The normalized spacial score (nSPS) is 10.5. The molecule has 0 unspecified atom stereocenters. The number of nitrogens with zero attached hydrogens (tertiary/aromatic N) is 1. The van der Waals surface area contributed by atoms with Crippen LogP contribution in [0, 0.1) is 6.92 Å². The predicted molar refractivity (Wildman–Crippen MR) is 77.7 cm³/mol. The highest BCUT2D eigenvalue weighted by Crippen LogP contribution is 2.33. The van der Waals surface area contributed by atoms with Crippen LogP contribution < -0.4 is 0 Å². The van der Waals surface area contributed by atoms with Crippen LogP contribution in [0.5, 0.6) is 0 Å². The molecule has 0 amide bonds. The van der Waals surface area contributed by atoms with E-state index in [1.54, 1.807) is 11.3 Å². The maximum Gasteiger partial charge on any atom is 0.123 e. The van der Waals surface area contributed by atoms with Gasteiger partial charge in [0.25, 0.3) is 0 Å². The second-order valence-corrected chi connectivity index (χ2v) is 5.24. The molecule has 18 heavy (non-hydrogen) atoms. The molecule has 0 N–H and O–H groups in total. The van der Waals surface area contributed by atoms with Crippen LogP contribution in [0.1, 0.15) is 5.56 Å². The van der Waals surface area contributed by atoms with E-state index in [1.807, 2.05) is 24.4 Å². The quantitative estimate of drug-likeness (QED) is 0.638. The molecular weight excluding hydrogens is 238 g/mol. The van der Waals surface area contributed by atoms with Gasteiger partial charge in [0.1, 0.15) is 5.01 Å². The van der Waals surface area contributed by atoms with Crippen LogP contribution >= 0.6 is 11.3 Å². The maximum atomic E-state index is 4.52. The number of aryl methyl sites for hydroxylation is 1. The summed E-state index contributed by atoms with van der Waals surface area (Å²) in [6.07, 6.45) is 1.97. The Hall–Kier alpha value is -1.93. The van der Waals surface area contributed by atoms with Gasteiger partial charge in [-0.2, -0.15) is 0 Å². The van der Waals surface area contributed by atoms with Crippen LogP contribution in [0.3, 0.4) is 0 Å². The predicted octanol–water partition coefficient (Wildman–Crippen LogP) is 4.79. The lowest BCUT2D eigenvalue weighted by Gasteiger charge is -2.00. The Labute approximate surface area is 111 Å². The molecule has 88 valence electrons. The lowest BCUT2D eigenvalue weighted by Crippen LogP contribution is -1.77. The van der Waals surface area contributed by atoms with Crippen LogP contribution in [-0.4, -0.2) is 4.98 Å². The lowest BCUT2D eigenvalue weighted by molar-refractivity contribution is 1.40. The Morgan fingerprint density at radius 1 is 0.889 bits per heavy atom. The summed E-state index contributed by atoms with van der Waals surface area (Å²) in [5.41, 5.74) is 3.75. The van der Waals surface area contributed by atoms with Crippen LogP contribution in [0.2, 0.25) is 0 Å². The summed E-state index contributed by atoms with van der Waals surface area (Å²) in [6.45, 7) is 2.14. The van der Waals surface area contributed by atoms with Gasteiger partial charge in [-0.1, -0.05) is 54.6 Å². The molecule has 0 bridgehead atoms. The zero-order valence-corrected chi connectivity index (χ0v) is 10.9. The number of aromatic nitrogens is 1. The first-order chi connectivity index (χ1) is 8.84. The SMILES string of the molecule is Cc1ccccc1-c1cnc(-c2ccccc2)s1. The summed E-state index contributed by atoms with van der Waals surface area (Å²) < 4.78 is 0. The second kappa shape index (κ2) is 4.75. The summed E-state index contributed by atoms with van der Waals surface area (Å²) in [6, 6.07) is 18.7. The first-order valence-electron chi connectivity index (χ1n) is 5.92. The third kappa shape index (κ3) is 2.07. The average molecular weight is 251 g/mol. The van der Waals surface area contributed by atoms with Gasteiger partial charge in [0.15, 0.2) is 0 Å². The third-order valence-electron chi connectivity index (χ3n) is 2.94. The minimum atomic E-state index is 1.08. The second-order valence-electron chi connectivity index (χ2n) is 4.21. The molecule has 1 aromatic heterocycles. The van der Waals surface area contributed by atoms with Gasteiger partial charge in [-0.05, 0) is 18.1 Å². The summed E-state index contributed by atoms with van der Waals surface area (Å²) in [5, 5.41) is 1.08. The van der Waals surface area contributed by atoms with Crippen molar-refractivity contribution in [3.63, 3.8) is 0 Å². The van der Waals surface area contributed by atoms with E-state index < -0.39 is 0 Å². The molecule has 3 rings (SSSR count). The minimum Gasteiger partial charge on any atom is -0.244 e. The van der Waals surface area contributed by atoms with Crippen molar-refractivity contribution in [2.75, 3.05) is 0 Å². The van der Waals surface area contributed by atoms with Crippen molar-refractivity contribution in [1.29, 1.82) is 0 Å². The third-order valence-corrected chi connectivity index (χ3v) is 4.02. The van der Waals surface area contributed by atoms with Gasteiger partial charge in [0.2, 0.25) is 0 Å². The van der Waals surface area contributed by atoms with Crippen LogP contribution in [0.4, 0.5) is 0 Å². The Morgan fingerprint density at radius 2 is 1.61 bits per heavy atom. The molecule has 0 aliphatic carbocycles. The molecule has 0 spiro atoms. The van der Waals surface area contributed by atoms with Gasteiger partial charge >= 0.3 is 0 Å². The van der Waals surface area contributed by atoms with Crippen molar-refractivity contribution >= 4 is 11.3 Å². The van der Waals surface area contributed by atoms with E-state index in [0.29, 0.717) is 0 Å². The summed E-state index contributed by atoms with van der Waals surface area (Å²) in [4.78, 5) is 5.75. The molecule has 0 atom stereocenters. The standard InChI is InChI=1S/C16H13NS/c1-12-7-5-6-10-14(12)15-11-17-16(18-15)13-8-3-2-4-9-13/h2-11H,1H3. The van der Waals surface area contributed by atoms with E-state index in [9.17, 15) is 0 Å². The smallest absolute Gasteiger partial charge is 0.123 e. The molecule has 0 saturated carbocycles. The number of hydrogen-bond acceptors (Lipinski definition) is 2. The highest BCUT2D eigenvalue weighted by molar-refractivity contribution is 7.18. The molecule has 0 aliphatic rings. The highest BCUT2D eigenvalue weighted by atomic mass is 32.1. The summed E-state index contributed by atoms with van der Waals surface area (Å²) in [5.74, 6) is 0. The number of rotatable bonds is 2. The number of benzene rings is 2. The van der Waals surface area contributed by atoms with Gasteiger partial charge in [0, 0.05) is 11.8 Å². The lowest BCUT2D eigenvalue weighted by atomic mass is 10.1. The van der Waals surface area contributed by atoms with Gasteiger partial charge in [-0.3, -0.25) is 0 Å². The zero-order valence-electron chi connectivity index (χ0n) is 10.1. The number of thiazole rings is 1. The van der Waals surface area contributed by atoms with E-state index in [-0.39, 0.29) is 0 Å². The van der Waals surface area contributed by atoms with Gasteiger partial charge in [-0.25, -0.2) is 4.98 Å². The first kappa shape index (κ1) is 11.2. The van der Waals surface area contributed by atoms with Crippen molar-refractivity contribution in [1.82, 2.24) is 4.98 Å². The maximum absolute atomic E-state index is 4.52. The van der Waals surface area contributed by atoms with Crippen LogP contribution in [-0.2, 0) is 0 Å². The highest BCUT2D eigenvalue weighted by Gasteiger charge is 2.07. The first-order valence-corrected chi connectivity index (χ1v) is 6.73. The Bertz CT molecular complexity index is 656. The molecule has 2 aromatic carbocycles. The zero-order chi connectivity index (χ0) is 12.4.